The van der Waals surface area contributed by atoms with E-state index in [-0.39, 0.29) is 5.91 Å². The summed E-state index contributed by atoms with van der Waals surface area (Å²) in [5, 5.41) is 12.9. The summed E-state index contributed by atoms with van der Waals surface area (Å²) in [7, 11) is 0. The second kappa shape index (κ2) is 9.99. The fourth-order valence-corrected chi connectivity index (χ4v) is 3.87. The van der Waals surface area contributed by atoms with Crippen LogP contribution in [-0.2, 0) is 4.79 Å². The Bertz CT molecular complexity index is 1120. The summed E-state index contributed by atoms with van der Waals surface area (Å²) < 4.78 is 5.82. The summed E-state index contributed by atoms with van der Waals surface area (Å²) in [4.78, 5) is 22.1. The highest BCUT2D eigenvalue weighted by molar-refractivity contribution is 6.01. The van der Waals surface area contributed by atoms with E-state index in [1.807, 2.05) is 48.5 Å². The van der Waals surface area contributed by atoms with Gasteiger partial charge in [-0.05, 0) is 68.0 Å². The van der Waals surface area contributed by atoms with Crippen LogP contribution in [0.3, 0.4) is 0 Å². The van der Waals surface area contributed by atoms with Crippen molar-refractivity contribution in [1.29, 1.82) is 0 Å². The molecule has 2 aliphatic heterocycles. The zero-order valence-electron chi connectivity index (χ0n) is 19.3. The quantitative estimate of drug-likeness (QED) is 0.521. The summed E-state index contributed by atoms with van der Waals surface area (Å²) in [6, 6.07) is 13.8. The van der Waals surface area contributed by atoms with Gasteiger partial charge in [0.05, 0.1) is 11.7 Å². The van der Waals surface area contributed by atoms with E-state index in [2.05, 4.69) is 39.3 Å². The minimum atomic E-state index is -0.498. The molecule has 3 heterocycles. The Kier molecular flexibility index (Phi) is 6.46. The molecule has 3 aliphatic rings. The number of hydrogen-bond donors (Lipinski definition) is 4. The van der Waals surface area contributed by atoms with Gasteiger partial charge in [0.2, 0.25) is 5.96 Å². The zero-order chi connectivity index (χ0) is 23.3. The van der Waals surface area contributed by atoms with Crippen LogP contribution in [0, 0.1) is 0 Å². The third-order valence-electron chi connectivity index (χ3n) is 6.01. The first-order valence-corrected chi connectivity index (χ1v) is 11.9. The minimum Gasteiger partial charge on any atom is -0.490 e. The van der Waals surface area contributed by atoms with Crippen LogP contribution in [0.4, 0.5) is 11.5 Å². The maximum Gasteiger partial charge on any atom is 0.253 e. The molecule has 0 radical (unpaired) electrons. The van der Waals surface area contributed by atoms with E-state index < -0.39 is 6.17 Å². The first kappa shape index (κ1) is 22.0. The van der Waals surface area contributed by atoms with Gasteiger partial charge in [0, 0.05) is 24.1 Å². The van der Waals surface area contributed by atoms with Gasteiger partial charge < -0.3 is 26.0 Å². The average molecular weight is 459 g/mol. The van der Waals surface area contributed by atoms with Crippen LogP contribution in [0.2, 0.25) is 0 Å². The Labute approximate surface area is 199 Å². The van der Waals surface area contributed by atoms with E-state index in [1.165, 1.54) is 0 Å². The Morgan fingerprint density at radius 2 is 1.88 bits per heavy atom. The molecule has 0 spiro atoms. The molecule has 0 saturated heterocycles. The van der Waals surface area contributed by atoms with E-state index in [4.69, 9.17) is 9.72 Å². The van der Waals surface area contributed by atoms with Crippen LogP contribution in [-0.4, -0.2) is 35.7 Å². The highest BCUT2D eigenvalue weighted by atomic mass is 16.5. The lowest BCUT2D eigenvalue weighted by Crippen LogP contribution is -2.50. The molecule has 1 saturated carbocycles. The van der Waals surface area contributed by atoms with Crippen molar-refractivity contribution >= 4 is 23.4 Å². The summed E-state index contributed by atoms with van der Waals surface area (Å²) in [5.74, 6) is 2.27. The van der Waals surface area contributed by atoms with E-state index in [0.29, 0.717) is 35.9 Å². The normalized spacial score (nSPS) is 23.5. The van der Waals surface area contributed by atoms with Crippen molar-refractivity contribution in [3.8, 4) is 5.75 Å². The number of carbonyl (C=O) groups excluding carboxylic acids is 1. The number of allylic oxidation sites excluding steroid dienone is 1. The highest BCUT2D eigenvalue weighted by Crippen LogP contribution is 2.27. The summed E-state index contributed by atoms with van der Waals surface area (Å²) in [6.07, 6.45) is 9.76. The van der Waals surface area contributed by atoms with Crippen LogP contribution in [0.15, 0.2) is 71.4 Å². The van der Waals surface area contributed by atoms with Gasteiger partial charge in [-0.25, -0.2) is 9.98 Å². The molecule has 1 aliphatic carbocycles. The van der Waals surface area contributed by atoms with Crippen LogP contribution in [0.25, 0.3) is 0 Å². The molecular formula is C26H30N6O2. The second-order valence-electron chi connectivity index (χ2n) is 8.86. The highest BCUT2D eigenvalue weighted by Gasteiger charge is 2.26. The third kappa shape index (κ3) is 5.57. The zero-order valence-corrected chi connectivity index (χ0v) is 19.3. The number of guanidine groups is 1. The number of fused-ring (bicyclic) bond motifs is 3. The molecular weight excluding hydrogens is 428 g/mol. The predicted octanol–water partition coefficient (Wildman–Crippen LogP) is 3.89. The molecule has 2 unspecified atom stereocenters. The molecule has 1 fully saturated rings. The SMILES string of the molecule is CC1CC/C=C\CNC(=O)C2=CN=C(Nc3ccc(OC4CC4)cc3)NC2Nc2cccc1n2. The summed E-state index contributed by atoms with van der Waals surface area (Å²) >= 11 is 0. The van der Waals surface area contributed by atoms with Gasteiger partial charge in [0.1, 0.15) is 17.7 Å². The molecule has 2 atom stereocenters. The average Bonchev–Trinajstić information content (AvgIpc) is 3.66. The van der Waals surface area contributed by atoms with Crippen LogP contribution < -0.4 is 26.0 Å². The number of ether oxygens (including phenoxy) is 1. The van der Waals surface area contributed by atoms with Crippen LogP contribution >= 0.6 is 0 Å². The van der Waals surface area contributed by atoms with Crippen molar-refractivity contribution in [3.05, 3.63) is 72.1 Å². The monoisotopic (exact) mass is 458 g/mol. The number of aliphatic imine (C=N–C) groups is 1. The molecule has 1 aromatic heterocycles. The lowest BCUT2D eigenvalue weighted by Gasteiger charge is -2.28. The molecule has 1 aromatic carbocycles. The topological polar surface area (TPSA) is 99.7 Å². The lowest BCUT2D eigenvalue weighted by atomic mass is 10.0. The van der Waals surface area contributed by atoms with E-state index in [0.717, 1.165) is 42.8 Å². The van der Waals surface area contributed by atoms with E-state index in [9.17, 15) is 4.79 Å². The summed E-state index contributed by atoms with van der Waals surface area (Å²) in [5.41, 5.74) is 2.39. The number of rotatable bonds is 3. The van der Waals surface area contributed by atoms with Crippen molar-refractivity contribution in [2.75, 3.05) is 17.2 Å². The van der Waals surface area contributed by atoms with Gasteiger partial charge in [-0.15, -0.1) is 0 Å². The number of carbonyl (C=O) groups is 1. The van der Waals surface area contributed by atoms with Gasteiger partial charge >= 0.3 is 0 Å². The fourth-order valence-electron chi connectivity index (χ4n) is 3.87. The maximum atomic E-state index is 12.9. The number of nitrogens with one attached hydrogen (secondary N) is 4. The number of pyridine rings is 1. The minimum absolute atomic E-state index is 0.180. The lowest BCUT2D eigenvalue weighted by molar-refractivity contribution is -0.117. The number of nitrogens with zero attached hydrogens (tertiary/aromatic N) is 2. The Hall–Kier alpha value is -3.81. The van der Waals surface area contributed by atoms with Crippen molar-refractivity contribution in [2.45, 2.75) is 50.8 Å². The first-order valence-electron chi connectivity index (χ1n) is 11.9. The van der Waals surface area contributed by atoms with Gasteiger partial charge in [-0.1, -0.05) is 25.1 Å². The number of benzene rings is 1. The second-order valence-corrected chi connectivity index (χ2v) is 8.86. The van der Waals surface area contributed by atoms with Crippen LogP contribution in [0.5, 0.6) is 5.75 Å². The largest absolute Gasteiger partial charge is 0.490 e. The Morgan fingerprint density at radius 3 is 2.71 bits per heavy atom. The van der Waals surface area contributed by atoms with Gasteiger partial charge in [-0.3, -0.25) is 4.79 Å². The van der Waals surface area contributed by atoms with Gasteiger partial charge in [0.15, 0.2) is 0 Å². The molecule has 2 aromatic rings. The number of hydrogen-bond acceptors (Lipinski definition) is 7. The van der Waals surface area contributed by atoms with Gasteiger partial charge in [0.25, 0.3) is 5.91 Å². The van der Waals surface area contributed by atoms with Crippen molar-refractivity contribution in [3.63, 3.8) is 0 Å². The number of anilines is 2. The standard InChI is InChI=1S/C26H30N6O2/c1-17-6-3-2-4-15-27-25(33)21-16-28-26(32-24(21)31-23-8-5-7-22(17)30-23)29-18-9-11-19(12-10-18)34-20-13-14-20/h2,4-5,7-12,16-17,20,24H,3,6,13-15H2,1H3,(H,27,33)(H,30,31)(H2,28,29,32)/b4-2-. The molecule has 2 bridgehead atoms. The molecule has 176 valence electrons. The van der Waals surface area contributed by atoms with Crippen molar-refractivity contribution in [2.24, 2.45) is 4.99 Å². The molecule has 34 heavy (non-hydrogen) atoms. The molecule has 5 rings (SSSR count). The number of aromatic nitrogens is 1. The Balaban J connectivity index is 1.35. The van der Waals surface area contributed by atoms with Crippen LogP contribution in [0.1, 0.15) is 44.2 Å². The molecule has 1 amide bonds. The molecule has 8 heteroatoms. The molecule has 8 nitrogen and oxygen atoms in total. The Morgan fingerprint density at radius 1 is 1.03 bits per heavy atom. The molecule has 4 N–H and O–H groups in total. The van der Waals surface area contributed by atoms with Crippen molar-refractivity contribution in [1.82, 2.24) is 15.6 Å². The third-order valence-corrected chi connectivity index (χ3v) is 6.01. The number of amides is 1. The predicted molar refractivity (Wildman–Crippen MR) is 134 cm³/mol. The smallest absolute Gasteiger partial charge is 0.253 e. The first-order chi connectivity index (χ1) is 16.6. The van der Waals surface area contributed by atoms with E-state index >= 15 is 0 Å². The summed E-state index contributed by atoms with van der Waals surface area (Å²) in [6.45, 7) is 2.67. The van der Waals surface area contributed by atoms with Gasteiger partial charge in [-0.2, -0.15) is 0 Å². The fraction of sp³-hybridized carbons (Fsp3) is 0.346. The maximum absolute atomic E-state index is 12.9. The van der Waals surface area contributed by atoms with E-state index in [1.54, 1.807) is 6.20 Å². The van der Waals surface area contributed by atoms with Crippen molar-refractivity contribution < 1.29 is 9.53 Å².